The normalized spacial score (nSPS) is 14.6. The molecule has 2 aromatic carbocycles. The number of pyridine rings is 1. The first-order valence-corrected chi connectivity index (χ1v) is 14.7. The number of piperidine rings is 1. The lowest BCUT2D eigenvalue weighted by Crippen LogP contribution is -2.44. The average Bonchev–Trinajstić information content (AvgIpc) is 2.99. The van der Waals surface area contributed by atoms with E-state index in [9.17, 15) is 5.11 Å². The van der Waals surface area contributed by atoms with Crippen molar-refractivity contribution in [2.45, 2.75) is 58.2 Å². The van der Waals surface area contributed by atoms with Gasteiger partial charge in [0.25, 0.3) is 0 Å². The number of aromatic hydroxyl groups is 1. The second kappa shape index (κ2) is 13.8. The monoisotopic (exact) mass is 555 g/mol. The largest absolute Gasteiger partial charge is 0.506 e. The van der Waals surface area contributed by atoms with E-state index in [2.05, 4.69) is 63.1 Å². The van der Waals surface area contributed by atoms with E-state index in [0.29, 0.717) is 11.1 Å². The minimum atomic E-state index is 0.119. The molecule has 1 saturated heterocycles. The summed E-state index contributed by atoms with van der Waals surface area (Å²) < 4.78 is 0. The minimum absolute atomic E-state index is 0.119. The Morgan fingerprint density at radius 3 is 2.52 bits per heavy atom. The number of phenols is 1. The zero-order valence-corrected chi connectivity index (χ0v) is 24.0. The molecule has 0 bridgehead atoms. The molecule has 0 atom stereocenters. The Kier molecular flexibility index (Phi) is 9.76. The third-order valence-corrected chi connectivity index (χ3v) is 8.13. The summed E-state index contributed by atoms with van der Waals surface area (Å²) in [6.45, 7) is 7.54. The molecule has 0 radical (unpaired) electrons. The highest BCUT2D eigenvalue weighted by atomic mass is 35.5. The highest BCUT2D eigenvalue weighted by Gasteiger charge is 2.24. The van der Waals surface area contributed by atoms with E-state index in [-0.39, 0.29) is 5.75 Å². The number of likely N-dealkylation sites (tertiary alicyclic amines) is 1. The summed E-state index contributed by atoms with van der Waals surface area (Å²) >= 11 is 6.05. The van der Waals surface area contributed by atoms with Crippen molar-refractivity contribution in [1.82, 2.24) is 24.8 Å². The predicted octanol–water partition coefficient (Wildman–Crippen LogP) is 6.56. The van der Waals surface area contributed by atoms with E-state index < -0.39 is 0 Å². The van der Waals surface area contributed by atoms with Crippen LogP contribution >= 0.6 is 11.6 Å². The van der Waals surface area contributed by atoms with Crippen LogP contribution in [0, 0.1) is 0 Å². The fourth-order valence-corrected chi connectivity index (χ4v) is 5.79. The van der Waals surface area contributed by atoms with E-state index in [1.807, 2.05) is 36.8 Å². The van der Waals surface area contributed by atoms with Crippen molar-refractivity contribution < 1.29 is 5.11 Å². The summed E-state index contributed by atoms with van der Waals surface area (Å²) in [6, 6.07) is 21.0. The van der Waals surface area contributed by atoms with Gasteiger partial charge in [-0.2, -0.15) is 0 Å². The first-order chi connectivity index (χ1) is 19.6. The molecule has 1 aliphatic rings. The van der Waals surface area contributed by atoms with Crippen LogP contribution in [0.5, 0.6) is 5.75 Å². The molecular formula is C33H38ClN5O. The van der Waals surface area contributed by atoms with Gasteiger partial charge < -0.3 is 5.11 Å². The topological polar surface area (TPSA) is 65.4 Å². The first-order valence-electron chi connectivity index (χ1n) is 14.3. The molecule has 5 rings (SSSR count). The highest BCUT2D eigenvalue weighted by molar-refractivity contribution is 6.32. The number of nitrogens with zero attached hydrogens (tertiary/aromatic N) is 5. The van der Waals surface area contributed by atoms with E-state index >= 15 is 0 Å². The molecule has 208 valence electrons. The Bertz CT molecular complexity index is 1370. The van der Waals surface area contributed by atoms with Crippen LogP contribution in [0.1, 0.15) is 48.7 Å². The maximum atomic E-state index is 9.63. The molecule has 4 aromatic rings. The van der Waals surface area contributed by atoms with Crippen molar-refractivity contribution in [2.75, 3.05) is 19.6 Å². The summed E-state index contributed by atoms with van der Waals surface area (Å²) in [6.07, 6.45) is 10.6. The van der Waals surface area contributed by atoms with Gasteiger partial charge in [-0.25, -0.2) is 9.97 Å². The number of halogens is 1. The van der Waals surface area contributed by atoms with Crippen LogP contribution in [0.4, 0.5) is 0 Å². The zero-order chi connectivity index (χ0) is 27.7. The maximum Gasteiger partial charge on any atom is 0.134 e. The number of hydrogen-bond donors (Lipinski definition) is 1. The third-order valence-electron chi connectivity index (χ3n) is 7.83. The van der Waals surface area contributed by atoms with Gasteiger partial charge in [-0.05, 0) is 98.4 Å². The molecule has 1 fully saturated rings. The summed E-state index contributed by atoms with van der Waals surface area (Å²) in [7, 11) is 0. The smallest absolute Gasteiger partial charge is 0.134 e. The molecule has 40 heavy (non-hydrogen) atoms. The zero-order valence-electron chi connectivity index (χ0n) is 23.2. The lowest BCUT2D eigenvalue weighted by molar-refractivity contribution is 0.103. The minimum Gasteiger partial charge on any atom is -0.506 e. The quantitative estimate of drug-likeness (QED) is 0.226. The molecule has 0 unspecified atom stereocenters. The summed E-state index contributed by atoms with van der Waals surface area (Å²) in [5.74, 6) is 0.967. The van der Waals surface area contributed by atoms with Crippen molar-refractivity contribution in [2.24, 2.45) is 0 Å². The molecule has 6 nitrogen and oxygen atoms in total. The second-order valence-corrected chi connectivity index (χ2v) is 11.0. The van der Waals surface area contributed by atoms with Crippen LogP contribution in [-0.2, 0) is 25.9 Å². The SMILES string of the molecule is CCN(Cc1cccc(-c2ccnc(CCCc3ccc(O)c(Cl)c3)n2)c1)C1CCN(Cc2ccncc2)CC1. The molecule has 0 aliphatic carbocycles. The Labute approximate surface area is 242 Å². The van der Waals surface area contributed by atoms with E-state index in [1.165, 1.54) is 24.0 Å². The number of rotatable bonds is 11. The first kappa shape index (κ1) is 28.2. The van der Waals surface area contributed by atoms with Crippen molar-refractivity contribution in [3.63, 3.8) is 0 Å². The van der Waals surface area contributed by atoms with Gasteiger partial charge in [0, 0.05) is 49.7 Å². The number of hydrogen-bond acceptors (Lipinski definition) is 6. The molecular weight excluding hydrogens is 518 g/mol. The fourth-order valence-electron chi connectivity index (χ4n) is 5.59. The number of phenolic OH excluding ortho intramolecular Hbond substituents is 1. The Balaban J connectivity index is 1.16. The number of aryl methyl sites for hydroxylation is 2. The van der Waals surface area contributed by atoms with Crippen LogP contribution < -0.4 is 0 Å². The fraction of sp³-hybridized carbons (Fsp3) is 0.364. The van der Waals surface area contributed by atoms with Gasteiger partial charge in [0.05, 0.1) is 10.7 Å². The predicted molar refractivity (Wildman–Crippen MR) is 161 cm³/mol. The van der Waals surface area contributed by atoms with E-state index in [1.54, 1.807) is 6.07 Å². The van der Waals surface area contributed by atoms with Gasteiger partial charge in [-0.15, -0.1) is 0 Å². The van der Waals surface area contributed by atoms with Crippen molar-refractivity contribution in [3.05, 3.63) is 107 Å². The summed E-state index contributed by atoms with van der Waals surface area (Å²) in [4.78, 5) is 18.7. The van der Waals surface area contributed by atoms with Crippen molar-refractivity contribution in [3.8, 4) is 17.0 Å². The molecule has 2 aromatic heterocycles. The number of benzene rings is 2. The van der Waals surface area contributed by atoms with Crippen LogP contribution in [0.2, 0.25) is 5.02 Å². The van der Waals surface area contributed by atoms with Crippen LogP contribution in [0.25, 0.3) is 11.3 Å². The van der Waals surface area contributed by atoms with Crippen LogP contribution in [-0.4, -0.2) is 55.5 Å². The Hall–Kier alpha value is -3.32. The van der Waals surface area contributed by atoms with E-state index in [4.69, 9.17) is 16.6 Å². The molecule has 0 saturated carbocycles. The third kappa shape index (κ3) is 7.66. The van der Waals surface area contributed by atoms with Gasteiger partial charge in [0.15, 0.2) is 0 Å². The van der Waals surface area contributed by atoms with Crippen molar-refractivity contribution >= 4 is 11.6 Å². The maximum absolute atomic E-state index is 9.63. The summed E-state index contributed by atoms with van der Waals surface area (Å²) in [5.41, 5.74) is 5.86. The molecule has 1 N–H and O–H groups in total. The van der Waals surface area contributed by atoms with Crippen LogP contribution in [0.3, 0.4) is 0 Å². The summed E-state index contributed by atoms with van der Waals surface area (Å²) in [5, 5.41) is 10.0. The average molecular weight is 556 g/mol. The van der Waals surface area contributed by atoms with E-state index in [0.717, 1.165) is 74.6 Å². The van der Waals surface area contributed by atoms with Crippen molar-refractivity contribution in [1.29, 1.82) is 0 Å². The lowest BCUT2D eigenvalue weighted by Gasteiger charge is -2.38. The lowest BCUT2D eigenvalue weighted by atomic mass is 10.0. The van der Waals surface area contributed by atoms with Crippen LogP contribution in [0.15, 0.2) is 79.3 Å². The second-order valence-electron chi connectivity index (χ2n) is 10.6. The molecule has 3 heterocycles. The molecule has 0 spiro atoms. The Morgan fingerprint density at radius 1 is 0.925 bits per heavy atom. The number of aromatic nitrogens is 3. The van der Waals surface area contributed by atoms with Gasteiger partial charge >= 0.3 is 0 Å². The van der Waals surface area contributed by atoms with Gasteiger partial charge in [0.1, 0.15) is 11.6 Å². The standard InChI is InChI=1S/C33H38ClN5O/c1-2-39(29-14-19-38(20-15-29)23-26-11-16-35-17-12-26)24-27-6-3-7-28(21-27)31-13-18-36-33(37-31)8-4-5-25-9-10-32(40)30(34)22-25/h3,6-7,9-13,16-18,21-22,29,40H,2,4-5,8,14-15,19-20,23-24H2,1H3. The van der Waals surface area contributed by atoms with Gasteiger partial charge in [-0.3, -0.25) is 14.8 Å². The molecule has 7 heteroatoms. The van der Waals surface area contributed by atoms with Gasteiger partial charge in [0.2, 0.25) is 0 Å². The molecule has 1 aliphatic heterocycles. The molecule has 0 amide bonds. The Morgan fingerprint density at radius 2 is 1.75 bits per heavy atom. The van der Waals surface area contributed by atoms with Gasteiger partial charge in [-0.1, -0.05) is 42.8 Å². The highest BCUT2D eigenvalue weighted by Crippen LogP contribution is 2.25.